The Kier molecular flexibility index (Phi) is 3.92. The highest BCUT2D eigenvalue weighted by molar-refractivity contribution is 9.09. The minimum atomic E-state index is 0.102. The first-order valence-corrected chi connectivity index (χ1v) is 6.48. The highest BCUT2D eigenvalue weighted by Crippen LogP contribution is 2.21. The van der Waals surface area contributed by atoms with Crippen molar-refractivity contribution >= 4 is 32.5 Å². The number of carbonyl (C=O) groups excluding carboxylic acids is 1. The van der Waals surface area contributed by atoms with Crippen LogP contribution in [0.4, 0.5) is 0 Å². The number of hydrogen-bond donors (Lipinski definition) is 0. The van der Waals surface area contributed by atoms with Crippen molar-refractivity contribution in [3.63, 3.8) is 0 Å². The van der Waals surface area contributed by atoms with Crippen molar-refractivity contribution < 1.29 is 9.53 Å². The Hall–Kier alpha value is -1.19. The first-order chi connectivity index (χ1) is 8.26. The first kappa shape index (κ1) is 12.3. The van der Waals surface area contributed by atoms with Gasteiger partial charge in [0.2, 0.25) is 0 Å². The van der Waals surface area contributed by atoms with Crippen LogP contribution in [-0.2, 0) is 11.3 Å². The van der Waals surface area contributed by atoms with E-state index in [9.17, 15) is 4.79 Å². The van der Waals surface area contributed by atoms with Crippen molar-refractivity contribution in [1.29, 1.82) is 0 Å². The van der Waals surface area contributed by atoms with Gasteiger partial charge in [-0.25, -0.2) is 0 Å². The maximum atomic E-state index is 11.8. The van der Waals surface area contributed by atoms with Gasteiger partial charge in [-0.1, -0.05) is 46.3 Å². The number of ether oxygens (including phenoxy) is 1. The fourth-order valence-corrected chi connectivity index (χ4v) is 2.19. The molecule has 0 heterocycles. The van der Waals surface area contributed by atoms with Gasteiger partial charge in [0.15, 0.2) is 5.78 Å². The number of ketones is 1. The van der Waals surface area contributed by atoms with Crippen molar-refractivity contribution in [3.8, 4) is 0 Å². The summed E-state index contributed by atoms with van der Waals surface area (Å²) in [6, 6.07) is 11.9. The summed E-state index contributed by atoms with van der Waals surface area (Å²) in [5.41, 5.74) is 1.84. The number of hydrogen-bond acceptors (Lipinski definition) is 2. The summed E-state index contributed by atoms with van der Waals surface area (Å²) in [6.07, 6.45) is 0. The summed E-state index contributed by atoms with van der Waals surface area (Å²) in [4.78, 5) is 11.8. The molecule has 0 fully saturated rings. The van der Waals surface area contributed by atoms with Crippen molar-refractivity contribution in [2.45, 2.75) is 6.61 Å². The number of fused-ring (bicyclic) bond motifs is 1. The molecule has 0 atom stereocenters. The maximum absolute atomic E-state index is 11.8. The highest BCUT2D eigenvalue weighted by atomic mass is 79.9. The van der Waals surface area contributed by atoms with Crippen LogP contribution in [0, 0.1) is 0 Å². The SMILES string of the molecule is COCc1ccc2cccc(C(=O)CBr)c2c1. The molecule has 0 saturated carbocycles. The molecule has 17 heavy (non-hydrogen) atoms. The lowest BCUT2D eigenvalue weighted by Gasteiger charge is -2.06. The molecule has 0 aliphatic rings. The first-order valence-electron chi connectivity index (χ1n) is 5.36. The van der Waals surface area contributed by atoms with Gasteiger partial charge in [-0.3, -0.25) is 4.79 Å². The summed E-state index contributed by atoms with van der Waals surface area (Å²) >= 11 is 3.21. The number of rotatable bonds is 4. The lowest BCUT2D eigenvalue weighted by atomic mass is 10.00. The smallest absolute Gasteiger partial charge is 0.173 e. The average Bonchev–Trinajstić information content (AvgIpc) is 2.37. The monoisotopic (exact) mass is 292 g/mol. The summed E-state index contributed by atoms with van der Waals surface area (Å²) in [7, 11) is 1.67. The Morgan fingerprint density at radius 2 is 2.12 bits per heavy atom. The molecular formula is C14H13BrO2. The van der Waals surface area contributed by atoms with Gasteiger partial charge in [-0.15, -0.1) is 0 Å². The van der Waals surface area contributed by atoms with Crippen LogP contribution in [0.2, 0.25) is 0 Å². The minimum absolute atomic E-state index is 0.102. The number of methoxy groups -OCH3 is 1. The zero-order valence-electron chi connectivity index (χ0n) is 9.57. The predicted molar refractivity (Wildman–Crippen MR) is 72.8 cm³/mol. The van der Waals surface area contributed by atoms with Gasteiger partial charge in [0.05, 0.1) is 11.9 Å². The van der Waals surface area contributed by atoms with E-state index in [0.717, 1.165) is 21.9 Å². The Morgan fingerprint density at radius 1 is 1.29 bits per heavy atom. The molecule has 0 unspecified atom stereocenters. The van der Waals surface area contributed by atoms with Crippen LogP contribution >= 0.6 is 15.9 Å². The van der Waals surface area contributed by atoms with Crippen molar-refractivity contribution in [1.82, 2.24) is 0 Å². The van der Waals surface area contributed by atoms with E-state index in [2.05, 4.69) is 15.9 Å². The molecule has 0 aliphatic heterocycles. The molecule has 0 aliphatic carbocycles. The topological polar surface area (TPSA) is 26.3 Å². The second-order valence-electron chi connectivity index (χ2n) is 3.85. The molecule has 0 aromatic heterocycles. The van der Waals surface area contributed by atoms with Crippen LogP contribution in [0.15, 0.2) is 36.4 Å². The number of Topliss-reactive ketones (excluding diaryl/α,β-unsaturated/α-hetero) is 1. The lowest BCUT2D eigenvalue weighted by molar-refractivity contribution is 0.102. The number of benzene rings is 2. The third kappa shape index (κ3) is 2.56. The molecule has 2 nitrogen and oxygen atoms in total. The summed E-state index contributed by atoms with van der Waals surface area (Å²) in [6.45, 7) is 0.562. The normalized spacial score (nSPS) is 10.7. The number of alkyl halides is 1. The maximum Gasteiger partial charge on any atom is 0.173 e. The van der Waals surface area contributed by atoms with E-state index in [0.29, 0.717) is 11.9 Å². The van der Waals surface area contributed by atoms with E-state index in [-0.39, 0.29) is 5.78 Å². The van der Waals surface area contributed by atoms with E-state index in [1.54, 1.807) is 7.11 Å². The van der Waals surface area contributed by atoms with Crippen LogP contribution < -0.4 is 0 Å². The second kappa shape index (κ2) is 5.43. The van der Waals surface area contributed by atoms with Crippen LogP contribution in [-0.4, -0.2) is 18.2 Å². The van der Waals surface area contributed by atoms with Crippen LogP contribution in [0.1, 0.15) is 15.9 Å². The predicted octanol–water partition coefficient (Wildman–Crippen LogP) is 3.56. The van der Waals surface area contributed by atoms with Gasteiger partial charge < -0.3 is 4.74 Å². The van der Waals surface area contributed by atoms with Gasteiger partial charge in [0.25, 0.3) is 0 Å². The van der Waals surface area contributed by atoms with Crippen LogP contribution in [0.25, 0.3) is 10.8 Å². The van der Waals surface area contributed by atoms with Crippen LogP contribution in [0.3, 0.4) is 0 Å². The van der Waals surface area contributed by atoms with E-state index in [1.165, 1.54) is 0 Å². The fraction of sp³-hybridized carbons (Fsp3) is 0.214. The van der Waals surface area contributed by atoms with Gasteiger partial charge >= 0.3 is 0 Å². The van der Waals surface area contributed by atoms with Crippen molar-refractivity contribution in [2.75, 3.05) is 12.4 Å². The van der Waals surface area contributed by atoms with E-state index >= 15 is 0 Å². The molecule has 0 amide bonds. The highest BCUT2D eigenvalue weighted by Gasteiger charge is 2.08. The molecule has 0 spiro atoms. The Balaban J connectivity index is 2.59. The Labute approximate surface area is 109 Å². The molecule has 2 aromatic rings. The molecule has 3 heteroatoms. The minimum Gasteiger partial charge on any atom is -0.380 e. The second-order valence-corrected chi connectivity index (χ2v) is 4.41. The molecule has 0 bridgehead atoms. The zero-order chi connectivity index (χ0) is 12.3. The lowest BCUT2D eigenvalue weighted by Crippen LogP contribution is -2.01. The molecule has 0 saturated heterocycles. The molecular weight excluding hydrogens is 280 g/mol. The van der Waals surface area contributed by atoms with Gasteiger partial charge in [-0.05, 0) is 22.4 Å². The van der Waals surface area contributed by atoms with Gasteiger partial charge in [0, 0.05) is 12.7 Å². The van der Waals surface area contributed by atoms with Crippen LogP contribution in [0.5, 0.6) is 0 Å². The van der Waals surface area contributed by atoms with Crippen molar-refractivity contribution in [3.05, 3.63) is 47.5 Å². The van der Waals surface area contributed by atoms with Gasteiger partial charge in [-0.2, -0.15) is 0 Å². The van der Waals surface area contributed by atoms with E-state index in [1.807, 2.05) is 36.4 Å². The van der Waals surface area contributed by atoms with E-state index in [4.69, 9.17) is 4.74 Å². The Morgan fingerprint density at radius 3 is 2.82 bits per heavy atom. The molecule has 2 aromatic carbocycles. The molecule has 0 radical (unpaired) electrons. The largest absolute Gasteiger partial charge is 0.380 e. The number of carbonyl (C=O) groups is 1. The molecule has 2 rings (SSSR count). The standard InChI is InChI=1S/C14H13BrO2/c1-17-9-10-5-6-11-3-2-4-12(13(11)7-10)14(16)8-15/h2-7H,8-9H2,1H3. The molecule has 0 N–H and O–H groups in total. The average molecular weight is 293 g/mol. The molecule has 88 valence electrons. The third-order valence-electron chi connectivity index (χ3n) is 2.68. The van der Waals surface area contributed by atoms with Gasteiger partial charge in [0.1, 0.15) is 0 Å². The quantitative estimate of drug-likeness (QED) is 0.636. The number of halogens is 1. The Bertz CT molecular complexity index is 549. The van der Waals surface area contributed by atoms with Crippen molar-refractivity contribution in [2.24, 2.45) is 0 Å². The fourth-order valence-electron chi connectivity index (χ4n) is 1.89. The summed E-state index contributed by atoms with van der Waals surface area (Å²) in [5.74, 6) is 0.102. The zero-order valence-corrected chi connectivity index (χ0v) is 11.2. The third-order valence-corrected chi connectivity index (χ3v) is 3.19. The summed E-state index contributed by atoms with van der Waals surface area (Å²) in [5, 5.41) is 2.42. The summed E-state index contributed by atoms with van der Waals surface area (Å²) < 4.78 is 5.11. The van der Waals surface area contributed by atoms with E-state index < -0.39 is 0 Å².